The maximum Gasteiger partial charge on any atom is 0.407 e. The Morgan fingerprint density at radius 2 is 1.49 bits per heavy atom. The molecule has 0 radical (unpaired) electrons. The Labute approximate surface area is 207 Å². The van der Waals surface area contributed by atoms with Crippen molar-refractivity contribution in [2.45, 2.75) is 65.5 Å². The second kappa shape index (κ2) is 10.9. The molecule has 0 aliphatic heterocycles. The lowest BCUT2D eigenvalue weighted by atomic mass is 9.88. The molecule has 2 aromatic rings. The van der Waals surface area contributed by atoms with Crippen LogP contribution in [0.4, 0.5) is 4.79 Å². The number of fused-ring (bicyclic) bond motifs is 3. The zero-order chi connectivity index (χ0) is 25.8. The number of aliphatic carboxylic acids is 1. The van der Waals surface area contributed by atoms with Gasteiger partial charge in [-0.3, -0.25) is 4.79 Å². The Morgan fingerprint density at radius 3 is 1.97 bits per heavy atom. The van der Waals surface area contributed by atoms with Crippen LogP contribution in [0.5, 0.6) is 0 Å². The lowest BCUT2D eigenvalue weighted by molar-refractivity contribution is -0.142. The quantitative estimate of drug-likeness (QED) is 0.471. The number of carbonyl (C=O) groups is 3. The van der Waals surface area contributed by atoms with Gasteiger partial charge in [-0.25, -0.2) is 9.59 Å². The molecule has 1 aliphatic rings. The molecule has 0 bridgehead atoms. The summed E-state index contributed by atoms with van der Waals surface area (Å²) in [5.74, 6) is -1.97. The number of rotatable bonds is 9. The van der Waals surface area contributed by atoms with Gasteiger partial charge >= 0.3 is 12.1 Å². The van der Waals surface area contributed by atoms with Gasteiger partial charge in [0.05, 0.1) is 0 Å². The minimum absolute atomic E-state index is 0.0601. The molecule has 1 aliphatic carbocycles. The molecule has 2 aromatic carbocycles. The molecule has 0 spiro atoms. The zero-order valence-corrected chi connectivity index (χ0v) is 21.1. The summed E-state index contributed by atoms with van der Waals surface area (Å²) in [6.07, 6.45) is 0.235. The summed E-state index contributed by atoms with van der Waals surface area (Å²) in [4.78, 5) is 37.3. The van der Waals surface area contributed by atoms with Gasteiger partial charge in [0.15, 0.2) is 0 Å². The van der Waals surface area contributed by atoms with Crippen LogP contribution < -0.4 is 10.6 Å². The first kappa shape index (κ1) is 26.3. The fourth-order valence-electron chi connectivity index (χ4n) is 4.40. The fourth-order valence-corrected chi connectivity index (χ4v) is 4.40. The van der Waals surface area contributed by atoms with Crippen molar-refractivity contribution in [3.8, 4) is 11.1 Å². The Morgan fingerprint density at radius 1 is 0.943 bits per heavy atom. The first-order chi connectivity index (χ1) is 16.5. The summed E-state index contributed by atoms with van der Waals surface area (Å²) in [6, 6.07) is 14.2. The molecule has 0 saturated heterocycles. The molecule has 188 valence electrons. The van der Waals surface area contributed by atoms with Crippen molar-refractivity contribution in [3.05, 3.63) is 59.7 Å². The second-order valence-corrected chi connectivity index (χ2v) is 10.7. The molecule has 7 nitrogen and oxygen atoms in total. The number of amides is 2. The molecule has 7 heteroatoms. The maximum atomic E-state index is 12.9. The summed E-state index contributed by atoms with van der Waals surface area (Å²) in [6.45, 7) is 9.77. The van der Waals surface area contributed by atoms with Crippen LogP contribution >= 0.6 is 0 Å². The van der Waals surface area contributed by atoms with Crippen LogP contribution in [0, 0.1) is 11.3 Å². The molecule has 0 fully saturated rings. The van der Waals surface area contributed by atoms with Gasteiger partial charge in [-0.15, -0.1) is 0 Å². The van der Waals surface area contributed by atoms with Gasteiger partial charge in [0.2, 0.25) is 5.91 Å². The van der Waals surface area contributed by atoms with E-state index in [1.807, 2.05) is 57.2 Å². The van der Waals surface area contributed by atoms with Crippen LogP contribution in [-0.4, -0.2) is 41.8 Å². The molecule has 2 atom stereocenters. The molecule has 3 N–H and O–H groups in total. The number of carbonyl (C=O) groups excluding carboxylic acids is 2. The Hall–Kier alpha value is -3.35. The largest absolute Gasteiger partial charge is 0.480 e. The van der Waals surface area contributed by atoms with Gasteiger partial charge in [-0.05, 0) is 46.4 Å². The molecule has 2 unspecified atom stereocenters. The van der Waals surface area contributed by atoms with Crippen LogP contribution in [0.2, 0.25) is 0 Å². The Kier molecular flexibility index (Phi) is 8.20. The van der Waals surface area contributed by atoms with Crippen molar-refractivity contribution >= 4 is 18.0 Å². The number of carboxylic acid groups (broad SMARTS) is 1. The van der Waals surface area contributed by atoms with Crippen LogP contribution in [0.25, 0.3) is 11.1 Å². The molecule has 3 rings (SSSR count). The molecule has 0 heterocycles. The number of carboxylic acids is 1. The van der Waals surface area contributed by atoms with Crippen LogP contribution in [0.15, 0.2) is 48.5 Å². The number of alkyl carbamates (subject to hydrolysis) is 1. The Bertz CT molecular complexity index is 1030. The van der Waals surface area contributed by atoms with Crippen molar-refractivity contribution < 1.29 is 24.2 Å². The highest BCUT2D eigenvalue weighted by Crippen LogP contribution is 2.44. The third-order valence-corrected chi connectivity index (χ3v) is 6.36. The fraction of sp³-hybridized carbons (Fsp3) is 0.464. The molecule has 2 amide bonds. The van der Waals surface area contributed by atoms with Crippen LogP contribution in [0.1, 0.15) is 64.5 Å². The van der Waals surface area contributed by atoms with Gasteiger partial charge in [-0.1, -0.05) is 83.1 Å². The van der Waals surface area contributed by atoms with E-state index in [9.17, 15) is 19.5 Å². The number of nitrogens with one attached hydrogen (secondary N) is 2. The lowest BCUT2D eigenvalue weighted by Gasteiger charge is -2.26. The summed E-state index contributed by atoms with van der Waals surface area (Å²) in [7, 11) is 0. The molecule has 0 saturated carbocycles. The highest BCUT2D eigenvalue weighted by molar-refractivity contribution is 5.89. The minimum Gasteiger partial charge on any atom is -0.480 e. The van der Waals surface area contributed by atoms with Crippen LogP contribution in [0.3, 0.4) is 0 Å². The summed E-state index contributed by atoms with van der Waals surface area (Å²) in [5.41, 5.74) is 4.40. The van der Waals surface area contributed by atoms with E-state index < -0.39 is 30.1 Å². The third-order valence-electron chi connectivity index (χ3n) is 6.36. The van der Waals surface area contributed by atoms with E-state index >= 15 is 0 Å². The number of hydrogen-bond acceptors (Lipinski definition) is 4. The van der Waals surface area contributed by atoms with Gasteiger partial charge in [0, 0.05) is 5.92 Å². The van der Waals surface area contributed by atoms with E-state index in [1.54, 1.807) is 13.8 Å². The topological polar surface area (TPSA) is 105 Å². The van der Waals surface area contributed by atoms with Crippen LogP contribution in [-0.2, 0) is 14.3 Å². The third kappa shape index (κ3) is 6.62. The van der Waals surface area contributed by atoms with Gasteiger partial charge in [0.25, 0.3) is 0 Å². The van der Waals surface area contributed by atoms with Crippen molar-refractivity contribution in [2.24, 2.45) is 11.3 Å². The SMILES string of the molecule is CC(C)C(NC(=O)OCC1c2ccccc2-c2ccccc21)C(=O)NC(CCC(C)(C)C)C(=O)O. The van der Waals surface area contributed by atoms with E-state index in [-0.39, 0.29) is 23.9 Å². The summed E-state index contributed by atoms with van der Waals surface area (Å²) >= 11 is 0. The van der Waals surface area contributed by atoms with Crippen molar-refractivity contribution in [1.29, 1.82) is 0 Å². The first-order valence-electron chi connectivity index (χ1n) is 12.1. The monoisotopic (exact) mass is 480 g/mol. The van der Waals surface area contributed by atoms with E-state index in [1.165, 1.54) is 0 Å². The number of hydrogen-bond donors (Lipinski definition) is 3. The molecule has 35 heavy (non-hydrogen) atoms. The average molecular weight is 481 g/mol. The smallest absolute Gasteiger partial charge is 0.407 e. The predicted molar refractivity (Wildman–Crippen MR) is 135 cm³/mol. The highest BCUT2D eigenvalue weighted by Gasteiger charge is 2.32. The second-order valence-electron chi connectivity index (χ2n) is 10.7. The normalized spacial score (nSPS) is 14.6. The van der Waals surface area contributed by atoms with E-state index in [0.29, 0.717) is 12.8 Å². The average Bonchev–Trinajstić information content (AvgIpc) is 3.11. The summed E-state index contributed by atoms with van der Waals surface area (Å²) < 4.78 is 5.57. The zero-order valence-electron chi connectivity index (χ0n) is 21.1. The maximum absolute atomic E-state index is 12.9. The van der Waals surface area contributed by atoms with E-state index in [0.717, 1.165) is 22.3 Å². The number of benzene rings is 2. The minimum atomic E-state index is -1.09. The Balaban J connectivity index is 1.63. The molecule has 0 aromatic heterocycles. The first-order valence-corrected chi connectivity index (χ1v) is 12.1. The van der Waals surface area contributed by atoms with E-state index in [2.05, 4.69) is 22.8 Å². The van der Waals surface area contributed by atoms with Gasteiger partial charge < -0.3 is 20.5 Å². The van der Waals surface area contributed by atoms with Crippen molar-refractivity contribution in [3.63, 3.8) is 0 Å². The predicted octanol–water partition coefficient (Wildman–Crippen LogP) is 4.95. The standard InChI is InChI=1S/C28H36N2O5/c1-17(2)24(25(31)29-23(26(32)33)14-15-28(3,4)5)30-27(34)35-16-22-20-12-8-6-10-18(20)19-11-7-9-13-21(19)22/h6-13,17,22-24H,14-16H2,1-5H3,(H,29,31)(H,30,34)(H,32,33). The lowest BCUT2D eigenvalue weighted by Crippen LogP contribution is -2.54. The number of ether oxygens (including phenoxy) is 1. The highest BCUT2D eigenvalue weighted by atomic mass is 16.5. The van der Waals surface area contributed by atoms with Gasteiger partial charge in [-0.2, -0.15) is 0 Å². The van der Waals surface area contributed by atoms with Crippen molar-refractivity contribution in [1.82, 2.24) is 10.6 Å². The van der Waals surface area contributed by atoms with Gasteiger partial charge in [0.1, 0.15) is 18.7 Å². The van der Waals surface area contributed by atoms with E-state index in [4.69, 9.17) is 4.74 Å². The van der Waals surface area contributed by atoms with Crippen molar-refractivity contribution in [2.75, 3.05) is 6.61 Å². The molecular formula is C28H36N2O5. The summed E-state index contributed by atoms with van der Waals surface area (Å²) in [5, 5.41) is 14.8. The molecular weight excluding hydrogens is 444 g/mol.